The van der Waals surface area contributed by atoms with Gasteiger partial charge in [-0.3, -0.25) is 14.4 Å². The summed E-state index contributed by atoms with van der Waals surface area (Å²) in [4.78, 5) is 47.8. The lowest BCUT2D eigenvalue weighted by molar-refractivity contribution is -0.154. The minimum atomic E-state index is -1.22. The number of benzene rings is 1. The van der Waals surface area contributed by atoms with Gasteiger partial charge in [-0.25, -0.2) is 0 Å². The normalized spacial score (nSPS) is 31.2. The first-order chi connectivity index (χ1) is 18.9. The number of anilines is 1. The highest BCUT2D eigenvalue weighted by molar-refractivity contribution is 6.05. The molecule has 0 radical (unpaired) electrons. The van der Waals surface area contributed by atoms with Crippen LogP contribution in [0.25, 0.3) is 0 Å². The second-order valence-electron chi connectivity index (χ2n) is 11.9. The number of fused-ring (bicyclic) bond motifs is 1. The van der Waals surface area contributed by atoms with E-state index >= 15 is 0 Å². The fourth-order valence-electron chi connectivity index (χ4n) is 7.19. The van der Waals surface area contributed by atoms with Crippen LogP contribution in [0.3, 0.4) is 0 Å². The van der Waals surface area contributed by atoms with Gasteiger partial charge in [0.25, 0.3) is 5.91 Å². The maximum Gasteiger partial charge on any atom is 0.253 e. The minimum absolute atomic E-state index is 0.0849. The van der Waals surface area contributed by atoms with Crippen LogP contribution in [0.15, 0.2) is 49.6 Å². The van der Waals surface area contributed by atoms with Crippen LogP contribution in [0, 0.1) is 23.7 Å². The smallest absolute Gasteiger partial charge is 0.253 e. The highest BCUT2D eigenvalue weighted by atomic mass is 16.5. The summed E-state index contributed by atoms with van der Waals surface area (Å²) in [7, 11) is 3.26. The number of aliphatic hydroxyl groups is 1. The molecule has 1 spiro atoms. The lowest BCUT2D eigenvalue weighted by Crippen LogP contribution is -2.60. The lowest BCUT2D eigenvalue weighted by atomic mass is 9.62. The summed E-state index contributed by atoms with van der Waals surface area (Å²) in [5.74, 6) is -2.05. The van der Waals surface area contributed by atoms with Crippen LogP contribution in [0.1, 0.15) is 34.1 Å². The van der Waals surface area contributed by atoms with Gasteiger partial charge in [0.05, 0.1) is 37.2 Å². The molecule has 218 valence electrons. The largest absolute Gasteiger partial charge is 0.497 e. The van der Waals surface area contributed by atoms with Gasteiger partial charge in [0.15, 0.2) is 0 Å². The second-order valence-corrected chi connectivity index (χ2v) is 11.9. The average Bonchev–Trinajstić information content (AvgIpc) is 3.44. The highest BCUT2D eigenvalue weighted by Gasteiger charge is 2.80. The van der Waals surface area contributed by atoms with E-state index in [4.69, 9.17) is 9.47 Å². The SMILES string of the molecule is C=CCN(C)C(=O)[C@@H]1[C@H]2C(=O)N([C@@H](CO)C(C)C)C(C(=O)N(CC=C)c3ccc(OC)cc3)C23CC(C)[C@@]1(C)O3. The number of ether oxygens (including phenoxy) is 2. The van der Waals surface area contributed by atoms with Crippen LogP contribution in [0.4, 0.5) is 5.69 Å². The number of rotatable bonds is 11. The number of carbonyl (C=O) groups is 3. The van der Waals surface area contributed by atoms with Gasteiger partial charge in [0.1, 0.15) is 17.4 Å². The third kappa shape index (κ3) is 4.34. The van der Waals surface area contributed by atoms with Crippen molar-refractivity contribution in [2.75, 3.05) is 38.8 Å². The van der Waals surface area contributed by atoms with Gasteiger partial charge in [-0.2, -0.15) is 0 Å². The van der Waals surface area contributed by atoms with E-state index in [0.717, 1.165) is 0 Å². The number of likely N-dealkylation sites (N-methyl/N-ethyl adjacent to an activating group) is 1. The van der Waals surface area contributed by atoms with Crippen molar-refractivity contribution in [3.05, 3.63) is 49.6 Å². The van der Waals surface area contributed by atoms with Crippen LogP contribution in [-0.4, -0.2) is 89.8 Å². The summed E-state index contributed by atoms with van der Waals surface area (Å²) >= 11 is 0. The van der Waals surface area contributed by atoms with E-state index in [1.54, 1.807) is 60.4 Å². The molecule has 0 aliphatic carbocycles. The van der Waals surface area contributed by atoms with Crippen molar-refractivity contribution in [2.45, 2.75) is 57.4 Å². The standard InChI is InChI=1S/C31H43N3O6/c1-9-15-32(7)27(36)24-25-28(37)34(23(18-35)19(3)4)26(31(25)17-20(5)30(24,6)40-31)29(38)33(16-10-2)21-11-13-22(39-8)14-12-21/h9-14,19-20,23-26,35H,1-2,15-18H2,3-8H3/t20?,23-,24-,25-,26?,30+,31?/m0/s1. The number of hydrogen-bond donors (Lipinski definition) is 1. The quantitative estimate of drug-likeness (QED) is 0.423. The third-order valence-electron chi connectivity index (χ3n) is 9.31. The molecular formula is C31H43N3O6. The molecule has 0 saturated carbocycles. The highest BCUT2D eigenvalue weighted by Crippen LogP contribution is 2.66. The number of likely N-dealkylation sites (tertiary alicyclic amines) is 1. The summed E-state index contributed by atoms with van der Waals surface area (Å²) in [6.45, 7) is 15.6. The molecular weight excluding hydrogens is 510 g/mol. The first kappa shape index (κ1) is 29.8. The first-order valence-electron chi connectivity index (χ1n) is 14.0. The summed E-state index contributed by atoms with van der Waals surface area (Å²) in [5, 5.41) is 10.5. The molecule has 40 heavy (non-hydrogen) atoms. The van der Waals surface area contributed by atoms with Crippen LogP contribution in [0.2, 0.25) is 0 Å². The van der Waals surface area contributed by atoms with Gasteiger partial charge in [-0.05, 0) is 49.4 Å². The summed E-state index contributed by atoms with van der Waals surface area (Å²) in [6, 6.07) is 5.46. The molecule has 3 unspecified atom stereocenters. The van der Waals surface area contributed by atoms with Crippen molar-refractivity contribution in [2.24, 2.45) is 23.7 Å². The van der Waals surface area contributed by atoms with Gasteiger partial charge in [-0.15, -0.1) is 13.2 Å². The van der Waals surface area contributed by atoms with E-state index in [1.807, 2.05) is 27.7 Å². The topological polar surface area (TPSA) is 99.6 Å². The Kier molecular flexibility index (Phi) is 8.20. The fraction of sp³-hybridized carbons (Fsp3) is 0.581. The zero-order chi connectivity index (χ0) is 29.6. The van der Waals surface area contributed by atoms with E-state index in [0.29, 0.717) is 24.4 Å². The first-order valence-corrected chi connectivity index (χ1v) is 14.0. The number of hydrogen-bond acceptors (Lipinski definition) is 6. The van der Waals surface area contributed by atoms with Crippen LogP contribution >= 0.6 is 0 Å². The molecule has 9 heteroatoms. The van der Waals surface area contributed by atoms with Gasteiger partial charge < -0.3 is 29.3 Å². The molecule has 4 rings (SSSR count). The van der Waals surface area contributed by atoms with E-state index in [9.17, 15) is 19.5 Å². The predicted octanol–water partition coefficient (Wildman–Crippen LogP) is 2.89. The number of amides is 3. The molecule has 1 aromatic rings. The predicted molar refractivity (Wildman–Crippen MR) is 153 cm³/mol. The Labute approximate surface area is 237 Å². The Morgan fingerprint density at radius 1 is 1.20 bits per heavy atom. The number of aliphatic hydroxyl groups excluding tert-OH is 1. The molecule has 1 aromatic carbocycles. The average molecular weight is 554 g/mol. The number of carbonyl (C=O) groups excluding carboxylic acids is 3. The van der Waals surface area contributed by atoms with Crippen molar-refractivity contribution >= 4 is 23.4 Å². The molecule has 3 aliphatic rings. The molecule has 1 N–H and O–H groups in total. The van der Waals surface area contributed by atoms with E-state index in [1.165, 1.54) is 4.90 Å². The van der Waals surface area contributed by atoms with E-state index in [2.05, 4.69) is 13.2 Å². The van der Waals surface area contributed by atoms with Crippen molar-refractivity contribution in [1.82, 2.24) is 9.80 Å². The summed E-state index contributed by atoms with van der Waals surface area (Å²) < 4.78 is 12.1. The van der Waals surface area contributed by atoms with Gasteiger partial charge in [-0.1, -0.05) is 32.9 Å². The Balaban J connectivity index is 1.88. The number of methoxy groups -OCH3 is 1. The van der Waals surface area contributed by atoms with E-state index in [-0.39, 0.29) is 42.7 Å². The Bertz CT molecular complexity index is 1170. The van der Waals surface area contributed by atoms with Gasteiger partial charge in [0, 0.05) is 25.8 Å². The molecule has 3 aliphatic heterocycles. The summed E-state index contributed by atoms with van der Waals surface area (Å²) in [6.07, 6.45) is 3.73. The maximum absolute atomic E-state index is 14.7. The Hall–Kier alpha value is -3.17. The van der Waals surface area contributed by atoms with Crippen LogP contribution in [-0.2, 0) is 19.1 Å². The fourth-order valence-corrected chi connectivity index (χ4v) is 7.19. The Morgan fingerprint density at radius 2 is 1.82 bits per heavy atom. The molecule has 0 aromatic heterocycles. The van der Waals surface area contributed by atoms with Crippen LogP contribution < -0.4 is 9.64 Å². The molecule has 7 atom stereocenters. The molecule has 3 amide bonds. The zero-order valence-corrected chi connectivity index (χ0v) is 24.5. The molecule has 3 saturated heterocycles. The van der Waals surface area contributed by atoms with Crippen molar-refractivity contribution in [3.63, 3.8) is 0 Å². The monoisotopic (exact) mass is 553 g/mol. The van der Waals surface area contributed by atoms with Crippen molar-refractivity contribution in [1.29, 1.82) is 0 Å². The molecule has 2 bridgehead atoms. The third-order valence-corrected chi connectivity index (χ3v) is 9.31. The van der Waals surface area contributed by atoms with E-state index < -0.39 is 35.1 Å². The van der Waals surface area contributed by atoms with Gasteiger partial charge >= 0.3 is 0 Å². The zero-order valence-electron chi connectivity index (χ0n) is 24.5. The minimum Gasteiger partial charge on any atom is -0.497 e. The molecule has 9 nitrogen and oxygen atoms in total. The van der Waals surface area contributed by atoms with Crippen LogP contribution in [0.5, 0.6) is 5.75 Å². The Morgan fingerprint density at radius 3 is 2.35 bits per heavy atom. The summed E-state index contributed by atoms with van der Waals surface area (Å²) in [5.41, 5.74) is -1.52. The number of nitrogens with zero attached hydrogens (tertiary/aromatic N) is 3. The van der Waals surface area contributed by atoms with Crippen molar-refractivity contribution in [3.8, 4) is 5.75 Å². The lowest BCUT2D eigenvalue weighted by Gasteiger charge is -2.40. The molecule has 3 fully saturated rings. The second kappa shape index (κ2) is 11.0. The van der Waals surface area contributed by atoms with Crippen molar-refractivity contribution < 1.29 is 29.0 Å². The van der Waals surface area contributed by atoms with Gasteiger partial charge in [0.2, 0.25) is 11.8 Å². The molecule has 3 heterocycles. The maximum atomic E-state index is 14.7.